The molecule has 0 amide bonds. The van der Waals surface area contributed by atoms with Crippen molar-refractivity contribution in [1.82, 2.24) is 0 Å². The maximum atomic E-state index is 12.8. The van der Waals surface area contributed by atoms with Crippen LogP contribution in [0.1, 0.15) is 226 Å². The van der Waals surface area contributed by atoms with Crippen LogP contribution in [0.3, 0.4) is 0 Å². The largest absolute Gasteiger partial charge is 0.462 e. The van der Waals surface area contributed by atoms with E-state index in [9.17, 15) is 14.4 Å². The fourth-order valence-electron chi connectivity index (χ4n) is 6.68. The van der Waals surface area contributed by atoms with Crippen molar-refractivity contribution < 1.29 is 28.6 Å². The van der Waals surface area contributed by atoms with Crippen LogP contribution < -0.4 is 0 Å². The Balaban J connectivity index is 4.50. The van der Waals surface area contributed by atoms with Crippen molar-refractivity contribution in [3.8, 4) is 0 Å². The lowest BCUT2D eigenvalue weighted by atomic mass is 10.1. The molecule has 0 saturated carbocycles. The Bertz CT molecular complexity index is 1210. The molecule has 358 valence electrons. The van der Waals surface area contributed by atoms with Gasteiger partial charge in [-0.1, -0.05) is 214 Å². The molecule has 0 aliphatic carbocycles. The minimum Gasteiger partial charge on any atom is -0.462 e. The molecule has 6 nitrogen and oxygen atoms in total. The number of rotatable bonds is 45. The molecule has 0 saturated heterocycles. The topological polar surface area (TPSA) is 78.9 Å². The van der Waals surface area contributed by atoms with Crippen molar-refractivity contribution in [1.29, 1.82) is 0 Å². The second-order valence-corrected chi connectivity index (χ2v) is 16.8. The summed E-state index contributed by atoms with van der Waals surface area (Å²) in [6.07, 6.45) is 66.6. The molecule has 6 heteroatoms. The average molecular weight is 875 g/mol. The Morgan fingerprint density at radius 2 is 0.651 bits per heavy atom. The number of allylic oxidation sites excluding steroid dienone is 16. The highest BCUT2D eigenvalue weighted by atomic mass is 16.6. The minimum absolute atomic E-state index is 0.102. The Hall–Kier alpha value is -3.67. The number of unbranched alkanes of at least 4 members (excludes halogenated alkanes) is 22. The molecule has 0 bridgehead atoms. The summed E-state index contributed by atoms with van der Waals surface area (Å²) < 4.78 is 16.8. The van der Waals surface area contributed by atoms with Gasteiger partial charge in [-0.2, -0.15) is 0 Å². The van der Waals surface area contributed by atoms with Gasteiger partial charge in [0.05, 0.1) is 0 Å². The number of ether oxygens (including phenoxy) is 3. The Kier molecular flexibility index (Phi) is 48.0. The SMILES string of the molecule is CCCCC=CC=CC=CCCCCCCCC(=O)OCC(COC(=O)CCCCCCCC=CC=CC=CCCCC)OC(=O)CCCCCCCC=CCC=CCCCCC. The molecule has 0 heterocycles. The van der Waals surface area contributed by atoms with Crippen LogP contribution in [-0.2, 0) is 28.6 Å². The zero-order valence-corrected chi connectivity index (χ0v) is 40.8. The van der Waals surface area contributed by atoms with E-state index in [1.165, 1.54) is 51.4 Å². The predicted octanol–water partition coefficient (Wildman–Crippen LogP) is 17.0. The van der Waals surface area contributed by atoms with Crippen LogP contribution in [0, 0.1) is 0 Å². The third-order valence-corrected chi connectivity index (χ3v) is 10.7. The van der Waals surface area contributed by atoms with Gasteiger partial charge in [0.15, 0.2) is 6.10 Å². The third-order valence-electron chi connectivity index (χ3n) is 10.7. The summed E-state index contributed by atoms with van der Waals surface area (Å²) in [5.41, 5.74) is 0. The van der Waals surface area contributed by atoms with Crippen molar-refractivity contribution in [3.63, 3.8) is 0 Å². The molecule has 0 N–H and O–H groups in total. The standard InChI is InChI=1S/C57H94O6/c1-4-7-10-13-16-19-22-25-28-31-34-37-40-43-46-49-55(58)61-52-54(63-57(60)51-48-45-42-39-36-33-30-27-24-21-18-15-12-9-6-3)53-62-56(59)50-47-44-41-38-35-32-29-26-23-20-17-14-11-8-5-2/h13-14,16-23,25-30,54H,4-12,15,24,31-53H2,1-3H3. The summed E-state index contributed by atoms with van der Waals surface area (Å²) in [4.78, 5) is 38.0. The highest BCUT2D eigenvalue weighted by Gasteiger charge is 2.19. The fourth-order valence-corrected chi connectivity index (χ4v) is 6.68. The molecule has 0 unspecified atom stereocenters. The van der Waals surface area contributed by atoms with Gasteiger partial charge >= 0.3 is 17.9 Å². The van der Waals surface area contributed by atoms with Gasteiger partial charge in [0, 0.05) is 19.3 Å². The Morgan fingerprint density at radius 3 is 1.05 bits per heavy atom. The zero-order chi connectivity index (χ0) is 45.8. The Morgan fingerprint density at radius 1 is 0.333 bits per heavy atom. The van der Waals surface area contributed by atoms with Gasteiger partial charge in [0.1, 0.15) is 13.2 Å². The highest BCUT2D eigenvalue weighted by Crippen LogP contribution is 2.13. The summed E-state index contributed by atoms with van der Waals surface area (Å²) in [5.74, 6) is -0.957. The van der Waals surface area contributed by atoms with E-state index in [0.717, 1.165) is 135 Å². The summed E-state index contributed by atoms with van der Waals surface area (Å²) in [6, 6.07) is 0. The smallest absolute Gasteiger partial charge is 0.306 e. The molecule has 0 aliphatic rings. The third kappa shape index (κ3) is 49.2. The maximum absolute atomic E-state index is 12.8. The molecule has 0 rings (SSSR count). The Labute approximate surface area is 387 Å². The van der Waals surface area contributed by atoms with Crippen LogP contribution in [0.2, 0.25) is 0 Å². The van der Waals surface area contributed by atoms with E-state index >= 15 is 0 Å². The summed E-state index contributed by atoms with van der Waals surface area (Å²) in [7, 11) is 0. The van der Waals surface area contributed by atoms with Crippen molar-refractivity contribution in [2.75, 3.05) is 13.2 Å². The first-order chi connectivity index (χ1) is 31.0. The van der Waals surface area contributed by atoms with Gasteiger partial charge < -0.3 is 14.2 Å². The molecule has 0 fully saturated rings. The maximum Gasteiger partial charge on any atom is 0.306 e. The van der Waals surface area contributed by atoms with Crippen LogP contribution in [0.25, 0.3) is 0 Å². The van der Waals surface area contributed by atoms with Crippen molar-refractivity contribution in [2.24, 2.45) is 0 Å². The monoisotopic (exact) mass is 875 g/mol. The van der Waals surface area contributed by atoms with Crippen LogP contribution in [0.4, 0.5) is 0 Å². The van der Waals surface area contributed by atoms with Crippen molar-refractivity contribution >= 4 is 17.9 Å². The predicted molar refractivity (Wildman–Crippen MR) is 270 cm³/mol. The van der Waals surface area contributed by atoms with E-state index < -0.39 is 6.10 Å². The second-order valence-electron chi connectivity index (χ2n) is 16.8. The van der Waals surface area contributed by atoms with Crippen molar-refractivity contribution in [3.05, 3.63) is 97.2 Å². The van der Waals surface area contributed by atoms with Crippen LogP contribution in [0.5, 0.6) is 0 Å². The molecule has 63 heavy (non-hydrogen) atoms. The first kappa shape index (κ1) is 59.3. The first-order valence-electron chi connectivity index (χ1n) is 25.8. The fraction of sp³-hybridized carbons (Fsp3) is 0.667. The van der Waals surface area contributed by atoms with Crippen LogP contribution in [-0.4, -0.2) is 37.2 Å². The molecule has 0 aliphatic heterocycles. The average Bonchev–Trinajstić information content (AvgIpc) is 3.28. The summed E-state index contributed by atoms with van der Waals surface area (Å²) >= 11 is 0. The summed E-state index contributed by atoms with van der Waals surface area (Å²) in [6.45, 7) is 6.45. The molecule has 0 aromatic heterocycles. The number of esters is 3. The zero-order valence-electron chi connectivity index (χ0n) is 40.8. The highest BCUT2D eigenvalue weighted by molar-refractivity contribution is 5.71. The quantitative estimate of drug-likeness (QED) is 0.0199. The second kappa shape index (κ2) is 51.0. The lowest BCUT2D eigenvalue weighted by molar-refractivity contribution is -0.167. The van der Waals surface area contributed by atoms with Gasteiger partial charge in [-0.15, -0.1) is 0 Å². The molecular formula is C57H94O6. The van der Waals surface area contributed by atoms with Crippen molar-refractivity contribution in [2.45, 2.75) is 232 Å². The van der Waals surface area contributed by atoms with E-state index in [1.807, 2.05) is 0 Å². The molecule has 0 atom stereocenters. The summed E-state index contributed by atoms with van der Waals surface area (Å²) in [5, 5.41) is 0. The molecule has 0 aromatic rings. The van der Waals surface area contributed by atoms with Gasteiger partial charge in [0.2, 0.25) is 0 Å². The number of carbonyl (C=O) groups excluding carboxylic acids is 3. The van der Waals surface area contributed by atoms with Crippen LogP contribution in [0.15, 0.2) is 97.2 Å². The lowest BCUT2D eigenvalue weighted by Crippen LogP contribution is -2.30. The molecule has 0 aromatic carbocycles. The van der Waals surface area contributed by atoms with E-state index in [-0.39, 0.29) is 31.1 Å². The van der Waals surface area contributed by atoms with E-state index in [2.05, 4.69) is 118 Å². The van der Waals surface area contributed by atoms with Gasteiger partial charge in [-0.3, -0.25) is 14.4 Å². The van der Waals surface area contributed by atoms with Gasteiger partial charge in [-0.25, -0.2) is 0 Å². The lowest BCUT2D eigenvalue weighted by Gasteiger charge is -2.18. The first-order valence-corrected chi connectivity index (χ1v) is 25.8. The minimum atomic E-state index is -0.802. The van der Waals surface area contributed by atoms with E-state index in [4.69, 9.17) is 14.2 Å². The molecular weight excluding hydrogens is 781 g/mol. The van der Waals surface area contributed by atoms with Crippen LogP contribution >= 0.6 is 0 Å². The van der Waals surface area contributed by atoms with Gasteiger partial charge in [0.25, 0.3) is 0 Å². The normalized spacial score (nSPS) is 12.9. The van der Waals surface area contributed by atoms with E-state index in [0.29, 0.717) is 19.3 Å². The van der Waals surface area contributed by atoms with Gasteiger partial charge in [-0.05, 0) is 89.9 Å². The number of hydrogen-bond donors (Lipinski definition) is 0. The van der Waals surface area contributed by atoms with E-state index in [1.54, 1.807) is 0 Å². The number of hydrogen-bond acceptors (Lipinski definition) is 6. The number of carbonyl (C=O) groups is 3. The molecule has 0 radical (unpaired) electrons. The molecule has 0 spiro atoms.